The van der Waals surface area contributed by atoms with E-state index in [1.165, 1.54) is 0 Å². The van der Waals surface area contributed by atoms with Crippen molar-refractivity contribution in [3.63, 3.8) is 0 Å². The third-order valence-corrected chi connectivity index (χ3v) is 4.93. The minimum absolute atomic E-state index is 0. The van der Waals surface area contributed by atoms with E-state index >= 15 is 0 Å². The first-order chi connectivity index (χ1) is 14.2. The van der Waals surface area contributed by atoms with Crippen molar-refractivity contribution in [1.29, 1.82) is 0 Å². The minimum atomic E-state index is 0. The number of hydrogen-bond acceptors (Lipinski definition) is 3. The fraction of sp³-hybridized carbons (Fsp3) is 0.280. The fourth-order valence-corrected chi connectivity index (χ4v) is 3.04. The molecule has 30 heavy (non-hydrogen) atoms. The van der Waals surface area contributed by atoms with Gasteiger partial charge in [-0.3, -0.25) is 0 Å². The highest BCUT2D eigenvalue weighted by Gasteiger charge is 2.22. The van der Waals surface area contributed by atoms with Gasteiger partial charge >= 0.3 is 0 Å². The van der Waals surface area contributed by atoms with Crippen molar-refractivity contribution in [2.75, 3.05) is 46.5 Å². The Morgan fingerprint density at radius 3 is 1.03 bits per heavy atom. The second-order valence-corrected chi connectivity index (χ2v) is 7.27. The number of rotatable bonds is 12. The van der Waals surface area contributed by atoms with Crippen LogP contribution >= 0.6 is 0 Å². The molecule has 0 amide bonds. The third kappa shape index (κ3) is 8.63. The van der Waals surface area contributed by atoms with E-state index in [1.807, 2.05) is 91.0 Å². The van der Waals surface area contributed by atoms with Gasteiger partial charge in [0.2, 0.25) is 0 Å². The number of nitrogens with zero attached hydrogens (tertiary/aromatic N) is 1. The number of quaternary nitrogens is 1. The van der Waals surface area contributed by atoms with Gasteiger partial charge in [-0.15, -0.1) is 0 Å². The summed E-state index contributed by atoms with van der Waals surface area (Å²) in [6.07, 6.45) is 0. The molecule has 4 nitrogen and oxygen atoms in total. The van der Waals surface area contributed by atoms with Crippen molar-refractivity contribution in [2.24, 2.45) is 0 Å². The summed E-state index contributed by atoms with van der Waals surface area (Å²) in [5.41, 5.74) is 0. The summed E-state index contributed by atoms with van der Waals surface area (Å²) in [6.45, 7) is 4.59. The summed E-state index contributed by atoms with van der Waals surface area (Å²) in [7, 11) is 2.23. The van der Waals surface area contributed by atoms with Crippen LogP contribution in [0.2, 0.25) is 0 Å². The van der Waals surface area contributed by atoms with E-state index in [0.29, 0.717) is 19.8 Å². The lowest BCUT2D eigenvalue weighted by Crippen LogP contribution is -3.00. The van der Waals surface area contributed by atoms with Gasteiger partial charge in [-0.25, -0.2) is 0 Å². The van der Waals surface area contributed by atoms with Gasteiger partial charge in [-0.05, 0) is 36.4 Å². The molecule has 0 aromatic heterocycles. The molecule has 0 heterocycles. The van der Waals surface area contributed by atoms with Crippen LogP contribution < -0.4 is 38.2 Å². The lowest BCUT2D eigenvalue weighted by Gasteiger charge is -2.34. The predicted molar refractivity (Wildman–Crippen MR) is 117 cm³/mol. The van der Waals surface area contributed by atoms with Crippen LogP contribution in [0.25, 0.3) is 0 Å². The summed E-state index contributed by atoms with van der Waals surface area (Å²) >= 11 is 0. The number of halogens is 1. The Labute approximate surface area is 197 Å². The highest BCUT2D eigenvalue weighted by molar-refractivity contribution is 5.22. The Kier molecular flexibility index (Phi) is 10.5. The molecule has 0 radical (unpaired) electrons. The lowest BCUT2D eigenvalue weighted by molar-refractivity contribution is -0.909. The molecule has 0 unspecified atom stereocenters. The van der Waals surface area contributed by atoms with E-state index in [1.54, 1.807) is 0 Å². The lowest BCUT2D eigenvalue weighted by atomic mass is 10.3. The average Bonchev–Trinajstić information content (AvgIpc) is 2.76. The highest BCUT2D eigenvalue weighted by atomic mass is 127. The normalized spacial score (nSPS) is 10.7. The molecular weight excluding hydrogens is 489 g/mol. The highest BCUT2D eigenvalue weighted by Crippen LogP contribution is 2.13. The summed E-state index contributed by atoms with van der Waals surface area (Å²) in [6, 6.07) is 29.9. The molecule has 0 aliphatic carbocycles. The molecule has 0 fully saturated rings. The van der Waals surface area contributed by atoms with Gasteiger partial charge in [0.15, 0.2) is 0 Å². The van der Waals surface area contributed by atoms with Gasteiger partial charge in [0, 0.05) is 0 Å². The number of hydrogen-bond donors (Lipinski definition) is 0. The zero-order valence-electron chi connectivity index (χ0n) is 17.5. The SMILES string of the molecule is C[N+](CCOc1ccccc1)(CCOc1ccccc1)CCOc1ccccc1.[I-]. The summed E-state index contributed by atoms with van der Waals surface area (Å²) in [5, 5.41) is 0. The van der Waals surface area contributed by atoms with E-state index in [0.717, 1.165) is 41.4 Å². The van der Waals surface area contributed by atoms with Crippen molar-refractivity contribution >= 4 is 0 Å². The van der Waals surface area contributed by atoms with Gasteiger partial charge < -0.3 is 42.7 Å². The van der Waals surface area contributed by atoms with Gasteiger partial charge in [0.05, 0.1) is 7.05 Å². The zero-order chi connectivity index (χ0) is 20.2. The number of benzene rings is 3. The Morgan fingerprint density at radius 2 is 0.767 bits per heavy atom. The summed E-state index contributed by atoms with van der Waals surface area (Å²) in [4.78, 5) is 0. The zero-order valence-corrected chi connectivity index (χ0v) is 19.6. The van der Waals surface area contributed by atoms with Crippen molar-refractivity contribution < 1.29 is 42.7 Å². The van der Waals surface area contributed by atoms with E-state index in [-0.39, 0.29) is 24.0 Å². The Morgan fingerprint density at radius 1 is 0.500 bits per heavy atom. The molecule has 0 N–H and O–H groups in total. The van der Waals surface area contributed by atoms with Crippen molar-refractivity contribution in [3.8, 4) is 17.2 Å². The van der Waals surface area contributed by atoms with E-state index in [4.69, 9.17) is 14.2 Å². The minimum Gasteiger partial charge on any atom is -1.00 e. The Hall–Kier alpha value is -2.25. The molecular formula is C25H30INO3. The molecule has 5 heteroatoms. The third-order valence-electron chi connectivity index (χ3n) is 4.93. The van der Waals surface area contributed by atoms with Crippen molar-refractivity contribution in [1.82, 2.24) is 0 Å². The molecule has 3 aromatic carbocycles. The average molecular weight is 519 g/mol. The van der Waals surface area contributed by atoms with Crippen LogP contribution in [0.15, 0.2) is 91.0 Å². The fourth-order valence-electron chi connectivity index (χ4n) is 3.04. The molecule has 0 spiro atoms. The smallest absolute Gasteiger partial charge is 0.137 e. The van der Waals surface area contributed by atoms with Crippen LogP contribution in [0.4, 0.5) is 0 Å². The van der Waals surface area contributed by atoms with Gasteiger partial charge in [0.1, 0.15) is 56.7 Å². The molecule has 0 aliphatic rings. The van der Waals surface area contributed by atoms with Crippen LogP contribution in [-0.2, 0) is 0 Å². The summed E-state index contributed by atoms with van der Waals surface area (Å²) < 4.78 is 18.6. The van der Waals surface area contributed by atoms with E-state index in [9.17, 15) is 0 Å². The van der Waals surface area contributed by atoms with Crippen molar-refractivity contribution in [2.45, 2.75) is 0 Å². The maximum Gasteiger partial charge on any atom is 0.137 e. The van der Waals surface area contributed by atoms with Crippen LogP contribution in [0.5, 0.6) is 17.2 Å². The standard InChI is InChI=1S/C25H30NO3.HI/c1-26(17-20-27-23-11-5-2-6-12-23,18-21-28-24-13-7-3-8-14-24)19-22-29-25-15-9-4-10-16-25;/h2-16H,17-22H2,1H3;1H/q+1;/p-1. The van der Waals surface area contributed by atoms with Crippen molar-refractivity contribution in [3.05, 3.63) is 91.0 Å². The van der Waals surface area contributed by atoms with E-state index < -0.39 is 0 Å². The molecule has 0 aliphatic heterocycles. The molecule has 0 saturated carbocycles. The molecule has 0 bridgehead atoms. The number of likely N-dealkylation sites (N-methyl/N-ethyl adjacent to an activating group) is 1. The Bertz CT molecular complexity index is 705. The molecule has 0 saturated heterocycles. The summed E-state index contributed by atoms with van der Waals surface area (Å²) in [5.74, 6) is 2.71. The predicted octanol–water partition coefficient (Wildman–Crippen LogP) is 1.67. The number of para-hydroxylation sites is 3. The van der Waals surface area contributed by atoms with Crippen LogP contribution in [-0.4, -0.2) is 51.0 Å². The quantitative estimate of drug-likeness (QED) is 0.269. The van der Waals surface area contributed by atoms with Gasteiger partial charge in [-0.1, -0.05) is 54.6 Å². The monoisotopic (exact) mass is 519 g/mol. The molecule has 3 aromatic rings. The maximum atomic E-state index is 5.93. The topological polar surface area (TPSA) is 27.7 Å². The van der Waals surface area contributed by atoms with Gasteiger partial charge in [-0.2, -0.15) is 0 Å². The largest absolute Gasteiger partial charge is 1.00 e. The van der Waals surface area contributed by atoms with Crippen LogP contribution in [0.1, 0.15) is 0 Å². The molecule has 0 atom stereocenters. The Balaban J connectivity index is 0.00000320. The number of ether oxygens (including phenoxy) is 3. The maximum absolute atomic E-state index is 5.93. The first kappa shape index (κ1) is 24.0. The van der Waals surface area contributed by atoms with Crippen LogP contribution in [0, 0.1) is 0 Å². The molecule has 3 rings (SSSR count). The second-order valence-electron chi connectivity index (χ2n) is 7.27. The van der Waals surface area contributed by atoms with Gasteiger partial charge in [0.25, 0.3) is 0 Å². The van der Waals surface area contributed by atoms with Crippen LogP contribution in [0.3, 0.4) is 0 Å². The first-order valence-electron chi connectivity index (χ1n) is 10.1. The second kappa shape index (κ2) is 13.1. The first-order valence-corrected chi connectivity index (χ1v) is 10.1. The molecule has 160 valence electrons. The van der Waals surface area contributed by atoms with E-state index in [2.05, 4.69) is 7.05 Å².